The van der Waals surface area contributed by atoms with Crippen LogP contribution >= 0.6 is 11.6 Å². The van der Waals surface area contributed by atoms with Crippen molar-refractivity contribution in [3.05, 3.63) is 64.4 Å². The highest BCUT2D eigenvalue weighted by atomic mass is 35.5. The normalized spacial score (nSPS) is 12.4. The van der Waals surface area contributed by atoms with Crippen LogP contribution in [0.5, 0.6) is 0 Å². The molecule has 1 aromatic heterocycles. The Morgan fingerprint density at radius 2 is 1.94 bits per heavy atom. The number of aryl methyl sites for hydroxylation is 1. The van der Waals surface area contributed by atoms with E-state index in [4.69, 9.17) is 11.6 Å². The van der Waals surface area contributed by atoms with Crippen LogP contribution in [0.25, 0.3) is 0 Å². The molecule has 1 unspecified atom stereocenters. The van der Waals surface area contributed by atoms with E-state index in [9.17, 15) is 5.11 Å². The predicted octanol–water partition coefficient (Wildman–Crippen LogP) is 3.32. The van der Waals surface area contributed by atoms with E-state index in [2.05, 4.69) is 4.98 Å². The van der Waals surface area contributed by atoms with Crippen molar-refractivity contribution >= 4 is 11.6 Å². The van der Waals surface area contributed by atoms with Gasteiger partial charge < -0.3 is 5.11 Å². The summed E-state index contributed by atoms with van der Waals surface area (Å²) in [6, 6.07) is 11.3. The summed E-state index contributed by atoms with van der Waals surface area (Å²) < 4.78 is 0. The molecule has 0 fully saturated rings. The van der Waals surface area contributed by atoms with E-state index in [1.807, 2.05) is 43.3 Å². The average Bonchev–Trinajstić information content (AvgIpc) is 2.32. The van der Waals surface area contributed by atoms with Crippen LogP contribution in [0.3, 0.4) is 0 Å². The van der Waals surface area contributed by atoms with Crippen LogP contribution < -0.4 is 0 Å². The summed E-state index contributed by atoms with van der Waals surface area (Å²) in [6.45, 7) is 1.92. The number of aromatic nitrogens is 1. The van der Waals surface area contributed by atoms with E-state index in [0.717, 1.165) is 16.8 Å². The van der Waals surface area contributed by atoms with Crippen molar-refractivity contribution in [2.45, 2.75) is 19.4 Å². The molecule has 17 heavy (non-hydrogen) atoms. The van der Waals surface area contributed by atoms with Crippen molar-refractivity contribution in [3.63, 3.8) is 0 Å². The number of pyridine rings is 1. The van der Waals surface area contributed by atoms with Gasteiger partial charge in [0.05, 0.1) is 6.10 Å². The highest BCUT2D eigenvalue weighted by molar-refractivity contribution is 6.30. The van der Waals surface area contributed by atoms with Crippen molar-refractivity contribution in [1.29, 1.82) is 0 Å². The van der Waals surface area contributed by atoms with E-state index >= 15 is 0 Å². The summed E-state index contributed by atoms with van der Waals surface area (Å²) in [4.78, 5) is 4.11. The Balaban J connectivity index is 2.11. The van der Waals surface area contributed by atoms with Crippen molar-refractivity contribution in [2.24, 2.45) is 0 Å². The van der Waals surface area contributed by atoms with Gasteiger partial charge in [-0.2, -0.15) is 0 Å². The molecular formula is C14H14ClNO. The fraction of sp³-hybridized carbons (Fsp3) is 0.214. The average molecular weight is 248 g/mol. The molecular weight excluding hydrogens is 234 g/mol. The van der Waals surface area contributed by atoms with Gasteiger partial charge in [0.25, 0.3) is 0 Å². The van der Waals surface area contributed by atoms with Crippen LogP contribution in [0.2, 0.25) is 5.02 Å². The van der Waals surface area contributed by atoms with Crippen LogP contribution in [0.15, 0.2) is 42.6 Å². The minimum absolute atomic E-state index is 0.502. The first kappa shape index (κ1) is 12.1. The predicted molar refractivity (Wildman–Crippen MR) is 69.1 cm³/mol. The van der Waals surface area contributed by atoms with E-state index in [1.54, 1.807) is 6.20 Å². The summed E-state index contributed by atoms with van der Waals surface area (Å²) in [7, 11) is 0. The molecule has 2 rings (SSSR count). The Morgan fingerprint density at radius 3 is 2.59 bits per heavy atom. The third kappa shape index (κ3) is 3.29. The lowest BCUT2D eigenvalue weighted by Crippen LogP contribution is -2.02. The summed E-state index contributed by atoms with van der Waals surface area (Å²) in [5.41, 5.74) is 2.88. The standard InChI is InChI=1S/C14H14ClNO/c1-10-8-12(6-7-16-10)14(17)9-11-2-4-13(15)5-3-11/h2-8,14,17H,9H2,1H3. The monoisotopic (exact) mass is 247 g/mol. The second-order valence-electron chi connectivity index (χ2n) is 4.08. The Bertz CT molecular complexity index is 496. The number of halogens is 1. The molecule has 0 aliphatic rings. The zero-order valence-corrected chi connectivity index (χ0v) is 10.4. The molecule has 0 saturated heterocycles. The third-order valence-corrected chi connectivity index (χ3v) is 2.90. The third-order valence-electron chi connectivity index (χ3n) is 2.65. The maximum atomic E-state index is 10.1. The van der Waals surface area contributed by atoms with E-state index in [0.29, 0.717) is 11.4 Å². The van der Waals surface area contributed by atoms with Crippen LogP contribution in [-0.2, 0) is 6.42 Å². The molecule has 0 aliphatic heterocycles. The van der Waals surface area contributed by atoms with Gasteiger partial charge in [-0.25, -0.2) is 0 Å². The molecule has 1 atom stereocenters. The molecule has 2 nitrogen and oxygen atoms in total. The zero-order valence-electron chi connectivity index (χ0n) is 9.60. The molecule has 0 amide bonds. The smallest absolute Gasteiger partial charge is 0.0831 e. The minimum atomic E-state index is -0.502. The molecule has 0 bridgehead atoms. The molecule has 0 saturated carbocycles. The van der Waals surface area contributed by atoms with E-state index < -0.39 is 6.10 Å². The first-order valence-electron chi connectivity index (χ1n) is 5.50. The van der Waals surface area contributed by atoms with Gasteiger partial charge in [0.15, 0.2) is 0 Å². The van der Waals surface area contributed by atoms with E-state index in [1.165, 1.54) is 0 Å². The maximum Gasteiger partial charge on any atom is 0.0831 e. The first-order valence-corrected chi connectivity index (χ1v) is 5.88. The molecule has 0 spiro atoms. The molecule has 88 valence electrons. The van der Waals surface area contributed by atoms with Gasteiger partial charge >= 0.3 is 0 Å². The lowest BCUT2D eigenvalue weighted by atomic mass is 10.0. The van der Waals surface area contributed by atoms with Gasteiger partial charge in [-0.1, -0.05) is 23.7 Å². The quantitative estimate of drug-likeness (QED) is 0.903. The number of aliphatic hydroxyl groups is 1. The topological polar surface area (TPSA) is 33.1 Å². The van der Waals surface area contributed by atoms with Gasteiger partial charge in [0.2, 0.25) is 0 Å². The van der Waals surface area contributed by atoms with Crippen molar-refractivity contribution in [1.82, 2.24) is 4.98 Å². The molecule has 3 heteroatoms. The summed E-state index contributed by atoms with van der Waals surface area (Å²) in [5, 5.41) is 10.8. The lowest BCUT2D eigenvalue weighted by Gasteiger charge is -2.11. The number of hydrogen-bond donors (Lipinski definition) is 1. The fourth-order valence-electron chi connectivity index (χ4n) is 1.74. The Morgan fingerprint density at radius 1 is 1.24 bits per heavy atom. The fourth-order valence-corrected chi connectivity index (χ4v) is 1.86. The maximum absolute atomic E-state index is 10.1. The zero-order chi connectivity index (χ0) is 12.3. The number of benzene rings is 1. The molecule has 1 aromatic carbocycles. The van der Waals surface area contributed by atoms with Gasteiger partial charge in [-0.15, -0.1) is 0 Å². The van der Waals surface area contributed by atoms with Crippen LogP contribution in [0.4, 0.5) is 0 Å². The number of hydrogen-bond acceptors (Lipinski definition) is 2. The largest absolute Gasteiger partial charge is 0.388 e. The molecule has 0 aliphatic carbocycles. The molecule has 0 radical (unpaired) electrons. The molecule has 1 N–H and O–H groups in total. The van der Waals surface area contributed by atoms with Gasteiger partial charge in [0, 0.05) is 23.3 Å². The highest BCUT2D eigenvalue weighted by Crippen LogP contribution is 2.19. The first-order chi connectivity index (χ1) is 8.15. The number of rotatable bonds is 3. The Kier molecular flexibility index (Phi) is 3.77. The summed E-state index contributed by atoms with van der Waals surface area (Å²) in [5.74, 6) is 0. The van der Waals surface area contributed by atoms with Crippen LogP contribution in [-0.4, -0.2) is 10.1 Å². The number of aliphatic hydroxyl groups excluding tert-OH is 1. The van der Waals surface area contributed by atoms with Crippen molar-refractivity contribution in [3.8, 4) is 0 Å². The van der Waals surface area contributed by atoms with Crippen LogP contribution in [0, 0.1) is 6.92 Å². The lowest BCUT2D eigenvalue weighted by molar-refractivity contribution is 0.178. The van der Waals surface area contributed by atoms with Gasteiger partial charge in [-0.3, -0.25) is 4.98 Å². The highest BCUT2D eigenvalue weighted by Gasteiger charge is 2.08. The van der Waals surface area contributed by atoms with Crippen LogP contribution in [0.1, 0.15) is 22.9 Å². The molecule has 2 aromatic rings. The van der Waals surface area contributed by atoms with Gasteiger partial charge in [0.1, 0.15) is 0 Å². The van der Waals surface area contributed by atoms with Crippen molar-refractivity contribution < 1.29 is 5.11 Å². The molecule has 1 heterocycles. The summed E-state index contributed by atoms with van der Waals surface area (Å²) in [6.07, 6.45) is 1.80. The van der Waals surface area contributed by atoms with Gasteiger partial charge in [-0.05, 0) is 42.3 Å². The second-order valence-corrected chi connectivity index (χ2v) is 4.51. The Hall–Kier alpha value is -1.38. The SMILES string of the molecule is Cc1cc(C(O)Cc2ccc(Cl)cc2)ccn1. The summed E-state index contributed by atoms with van der Waals surface area (Å²) >= 11 is 5.82. The van der Waals surface area contributed by atoms with Crippen molar-refractivity contribution in [2.75, 3.05) is 0 Å². The number of nitrogens with zero attached hydrogens (tertiary/aromatic N) is 1. The minimum Gasteiger partial charge on any atom is -0.388 e. The van der Waals surface area contributed by atoms with E-state index in [-0.39, 0.29) is 0 Å². The second kappa shape index (κ2) is 5.30. The Labute approximate surface area is 106 Å².